The molecule has 3 saturated heterocycles. The lowest BCUT2D eigenvalue weighted by atomic mass is 9.73. The zero-order valence-electron chi connectivity index (χ0n) is 15.8. The number of hydrogen-bond acceptors (Lipinski definition) is 6. The molecule has 0 unspecified atom stereocenters. The summed E-state index contributed by atoms with van der Waals surface area (Å²) in [5, 5.41) is 3.11. The van der Waals surface area contributed by atoms with Crippen LogP contribution < -0.4 is 10.2 Å². The first-order chi connectivity index (χ1) is 12.6. The highest BCUT2D eigenvalue weighted by Crippen LogP contribution is 2.54. The molecule has 142 valence electrons. The van der Waals surface area contributed by atoms with Crippen molar-refractivity contribution in [1.29, 1.82) is 0 Å². The SMILES string of the molecule is CCc1nc(N2C[C@@H]3[C@H](CNC(=O)CSC)[C@H]4CC[C@]3(C2)O4)ncc1C. The fourth-order valence-electron chi connectivity index (χ4n) is 5.01. The molecule has 6 nitrogen and oxygen atoms in total. The van der Waals surface area contributed by atoms with E-state index in [1.54, 1.807) is 11.8 Å². The molecule has 3 aliphatic rings. The van der Waals surface area contributed by atoms with E-state index in [1.165, 1.54) is 0 Å². The van der Waals surface area contributed by atoms with Gasteiger partial charge in [0.2, 0.25) is 11.9 Å². The molecule has 3 fully saturated rings. The van der Waals surface area contributed by atoms with Crippen molar-refractivity contribution < 1.29 is 9.53 Å². The van der Waals surface area contributed by atoms with E-state index in [9.17, 15) is 4.79 Å². The fraction of sp³-hybridized carbons (Fsp3) is 0.737. The zero-order chi connectivity index (χ0) is 18.3. The number of anilines is 1. The predicted octanol–water partition coefficient (Wildman–Crippen LogP) is 1.81. The van der Waals surface area contributed by atoms with Gasteiger partial charge < -0.3 is 15.0 Å². The smallest absolute Gasteiger partial charge is 0.229 e. The monoisotopic (exact) mass is 376 g/mol. The number of amides is 1. The summed E-state index contributed by atoms with van der Waals surface area (Å²) in [6, 6.07) is 0. The van der Waals surface area contributed by atoms with Crippen LogP contribution in [0.1, 0.15) is 31.0 Å². The van der Waals surface area contributed by atoms with Crippen molar-refractivity contribution in [1.82, 2.24) is 15.3 Å². The summed E-state index contributed by atoms with van der Waals surface area (Å²) < 4.78 is 6.47. The predicted molar refractivity (Wildman–Crippen MR) is 104 cm³/mol. The van der Waals surface area contributed by atoms with Crippen molar-refractivity contribution in [2.45, 2.75) is 44.8 Å². The quantitative estimate of drug-likeness (QED) is 0.817. The van der Waals surface area contributed by atoms with Crippen LogP contribution in [-0.2, 0) is 16.0 Å². The second kappa shape index (κ2) is 7.00. The molecule has 1 aromatic heterocycles. The number of carbonyl (C=O) groups is 1. The lowest BCUT2D eigenvalue weighted by molar-refractivity contribution is -0.118. The highest BCUT2D eigenvalue weighted by atomic mass is 32.2. The van der Waals surface area contributed by atoms with E-state index in [0.29, 0.717) is 23.7 Å². The number of aryl methyl sites for hydroxylation is 2. The normalized spacial score (nSPS) is 32.1. The Balaban J connectivity index is 1.49. The molecule has 4 rings (SSSR count). The lowest BCUT2D eigenvalue weighted by Crippen LogP contribution is -2.42. The van der Waals surface area contributed by atoms with E-state index in [2.05, 4.69) is 29.0 Å². The molecule has 0 saturated carbocycles. The molecule has 1 spiro atoms. The van der Waals surface area contributed by atoms with E-state index in [0.717, 1.165) is 56.1 Å². The third kappa shape index (κ3) is 2.99. The van der Waals surface area contributed by atoms with Crippen molar-refractivity contribution >= 4 is 23.6 Å². The Kier molecular flexibility index (Phi) is 4.86. The van der Waals surface area contributed by atoms with Crippen molar-refractivity contribution in [2.24, 2.45) is 11.8 Å². The number of rotatable bonds is 6. The highest BCUT2D eigenvalue weighted by molar-refractivity contribution is 7.99. The lowest BCUT2D eigenvalue weighted by Gasteiger charge is -2.29. The summed E-state index contributed by atoms with van der Waals surface area (Å²) in [5.74, 6) is 2.32. The van der Waals surface area contributed by atoms with Crippen molar-refractivity contribution in [3.8, 4) is 0 Å². The van der Waals surface area contributed by atoms with Crippen LogP contribution in [0.15, 0.2) is 6.20 Å². The zero-order valence-corrected chi connectivity index (χ0v) is 16.6. The summed E-state index contributed by atoms with van der Waals surface area (Å²) in [6.07, 6.45) is 7.32. The molecule has 3 aliphatic heterocycles. The van der Waals surface area contributed by atoms with Crippen molar-refractivity contribution in [3.05, 3.63) is 17.5 Å². The van der Waals surface area contributed by atoms with Crippen molar-refractivity contribution in [2.75, 3.05) is 36.5 Å². The first-order valence-corrected chi connectivity index (χ1v) is 11.0. The molecule has 0 radical (unpaired) electrons. The Morgan fingerprint density at radius 3 is 3.15 bits per heavy atom. The molecular formula is C19H28N4O2S. The maximum absolute atomic E-state index is 11.9. The summed E-state index contributed by atoms with van der Waals surface area (Å²) in [4.78, 5) is 23.5. The maximum Gasteiger partial charge on any atom is 0.229 e. The third-order valence-electron chi connectivity index (χ3n) is 6.28. The Morgan fingerprint density at radius 2 is 2.38 bits per heavy atom. The second-order valence-electron chi connectivity index (χ2n) is 7.80. The number of fused-ring (bicyclic) bond motifs is 1. The minimum Gasteiger partial charge on any atom is -0.369 e. The van der Waals surface area contributed by atoms with Gasteiger partial charge in [0.1, 0.15) is 0 Å². The van der Waals surface area contributed by atoms with Gasteiger partial charge >= 0.3 is 0 Å². The van der Waals surface area contributed by atoms with Gasteiger partial charge in [0.05, 0.1) is 24.0 Å². The van der Waals surface area contributed by atoms with Crippen LogP contribution >= 0.6 is 11.8 Å². The molecule has 7 heteroatoms. The molecule has 4 heterocycles. The van der Waals surface area contributed by atoms with Gasteiger partial charge in [0, 0.05) is 36.8 Å². The van der Waals surface area contributed by atoms with Crippen LogP contribution in [0, 0.1) is 18.8 Å². The second-order valence-corrected chi connectivity index (χ2v) is 8.67. The Bertz CT molecular complexity index is 700. The topological polar surface area (TPSA) is 67.4 Å². The van der Waals surface area contributed by atoms with Crippen LogP contribution in [0.4, 0.5) is 5.95 Å². The highest BCUT2D eigenvalue weighted by Gasteiger charge is 2.63. The van der Waals surface area contributed by atoms with Crippen LogP contribution in [0.2, 0.25) is 0 Å². The van der Waals surface area contributed by atoms with Gasteiger partial charge in [-0.15, -0.1) is 0 Å². The Labute approximate surface area is 159 Å². The van der Waals surface area contributed by atoms with Gasteiger partial charge in [-0.3, -0.25) is 4.79 Å². The third-order valence-corrected chi connectivity index (χ3v) is 6.83. The van der Waals surface area contributed by atoms with Crippen LogP contribution in [-0.4, -0.2) is 59.2 Å². The number of thioether (sulfide) groups is 1. The Morgan fingerprint density at radius 1 is 1.54 bits per heavy atom. The molecule has 2 bridgehead atoms. The van der Waals surface area contributed by atoms with Gasteiger partial charge in [-0.1, -0.05) is 6.92 Å². The number of carbonyl (C=O) groups excluding carboxylic acids is 1. The summed E-state index contributed by atoms with van der Waals surface area (Å²) in [6.45, 7) is 6.72. The van der Waals surface area contributed by atoms with E-state index >= 15 is 0 Å². The standard InChI is InChI=1S/C19H28N4O2S/c1-4-15-12(2)7-21-18(22-15)23-9-14-13(8-20-17(24)10-26-3)16-5-6-19(14,11-23)25-16/h7,13-14,16H,4-6,8-11H2,1-3H3,(H,20,24)/t13-,14+,16+,19+/m0/s1. The molecule has 0 aromatic carbocycles. The van der Waals surface area contributed by atoms with Crippen LogP contribution in [0.25, 0.3) is 0 Å². The molecule has 1 N–H and O–H groups in total. The maximum atomic E-state index is 11.9. The molecular weight excluding hydrogens is 348 g/mol. The van der Waals surface area contributed by atoms with Crippen LogP contribution in [0.3, 0.4) is 0 Å². The summed E-state index contributed by atoms with van der Waals surface area (Å²) in [5.41, 5.74) is 2.20. The number of nitrogens with zero attached hydrogens (tertiary/aromatic N) is 3. The van der Waals surface area contributed by atoms with Gasteiger partial charge in [-0.25, -0.2) is 9.97 Å². The Hall–Kier alpha value is -1.34. The van der Waals surface area contributed by atoms with E-state index in [-0.39, 0.29) is 11.5 Å². The minimum absolute atomic E-state index is 0.0693. The van der Waals surface area contributed by atoms with Gasteiger partial charge in [0.25, 0.3) is 0 Å². The summed E-state index contributed by atoms with van der Waals surface area (Å²) >= 11 is 1.56. The first-order valence-electron chi connectivity index (χ1n) is 9.57. The van der Waals surface area contributed by atoms with Gasteiger partial charge in [-0.2, -0.15) is 11.8 Å². The van der Waals surface area contributed by atoms with Gasteiger partial charge in [0.15, 0.2) is 0 Å². The van der Waals surface area contributed by atoms with E-state index in [1.807, 2.05) is 12.5 Å². The number of ether oxygens (including phenoxy) is 1. The number of hydrogen-bond donors (Lipinski definition) is 1. The summed E-state index contributed by atoms with van der Waals surface area (Å²) in [7, 11) is 0. The van der Waals surface area contributed by atoms with E-state index < -0.39 is 0 Å². The van der Waals surface area contributed by atoms with E-state index in [4.69, 9.17) is 9.72 Å². The molecule has 1 amide bonds. The molecule has 1 aromatic rings. The molecule has 26 heavy (non-hydrogen) atoms. The van der Waals surface area contributed by atoms with Crippen molar-refractivity contribution in [3.63, 3.8) is 0 Å². The average molecular weight is 377 g/mol. The number of nitrogens with one attached hydrogen (secondary N) is 1. The average Bonchev–Trinajstić information content (AvgIpc) is 3.29. The van der Waals surface area contributed by atoms with Crippen LogP contribution in [0.5, 0.6) is 0 Å². The largest absolute Gasteiger partial charge is 0.369 e. The molecule has 0 aliphatic carbocycles. The number of aromatic nitrogens is 2. The fourth-order valence-corrected chi connectivity index (χ4v) is 5.37. The minimum atomic E-state index is -0.0693. The van der Waals surface area contributed by atoms with Gasteiger partial charge in [-0.05, 0) is 38.0 Å². The molecule has 4 atom stereocenters. The first kappa shape index (κ1) is 18.0.